The first-order valence-electron chi connectivity index (χ1n) is 7.07. The minimum absolute atomic E-state index is 0. The molecule has 3 rings (SSSR count). The maximum atomic E-state index is 13.1. The second kappa shape index (κ2) is 11.5. The third kappa shape index (κ3) is 7.04. The number of rotatable bonds is 6. The van der Waals surface area contributed by atoms with Crippen molar-refractivity contribution >= 4 is 7.82 Å². The Balaban J connectivity index is 0.00000208. The molecule has 0 aliphatic heterocycles. The van der Waals surface area contributed by atoms with Crippen LogP contribution in [0, 0.1) is 0 Å². The Labute approximate surface area is 166 Å². The summed E-state index contributed by atoms with van der Waals surface area (Å²) < 4.78 is 29.6. The van der Waals surface area contributed by atoms with E-state index in [9.17, 15) is 4.57 Å². The summed E-state index contributed by atoms with van der Waals surface area (Å²) in [7, 11) is -3.89. The van der Waals surface area contributed by atoms with Gasteiger partial charge in [0.1, 0.15) is 17.2 Å². The summed E-state index contributed by atoms with van der Waals surface area (Å²) in [6, 6.07) is 26.4. The van der Waals surface area contributed by atoms with Crippen LogP contribution in [0.4, 0.5) is 0 Å². The minimum Gasteiger partial charge on any atom is -2.00 e. The zero-order valence-corrected chi connectivity index (χ0v) is 16.0. The van der Waals surface area contributed by atoms with Crippen LogP contribution >= 0.6 is 7.82 Å². The standard InChI is InChI=1S/C18H15O4P.2O.Ti/c19-23(20-16-10-4-1-5-11-16,21-17-12-6-2-7-13-17)22-18-14-8-3-9-15-18;;;/h1-15H;;;/q;2*-2;+4. The predicted octanol–water partition coefficient (Wildman–Crippen LogP) is 5.09. The molecule has 0 fully saturated rings. The average molecular weight is 406 g/mol. The van der Waals surface area contributed by atoms with Gasteiger partial charge in [0.25, 0.3) is 0 Å². The third-order valence-electron chi connectivity index (χ3n) is 2.88. The minimum atomic E-state index is -3.89. The molecule has 3 aromatic carbocycles. The fourth-order valence-electron chi connectivity index (χ4n) is 1.89. The van der Waals surface area contributed by atoms with Gasteiger partial charge in [-0.2, -0.15) is 4.57 Å². The molecule has 0 radical (unpaired) electrons. The van der Waals surface area contributed by atoms with Crippen molar-refractivity contribution in [3.63, 3.8) is 0 Å². The quantitative estimate of drug-likeness (QED) is 0.420. The number of phosphoric acid groups is 1. The average Bonchev–Trinajstić information content (AvgIpc) is 2.57. The predicted molar refractivity (Wildman–Crippen MR) is 90.2 cm³/mol. The maximum Gasteiger partial charge on any atom is 4.00 e. The molecule has 0 aromatic heterocycles. The molecule has 0 saturated carbocycles. The van der Waals surface area contributed by atoms with E-state index >= 15 is 0 Å². The Hall–Kier alpha value is -2.08. The first-order chi connectivity index (χ1) is 11.2. The molecule has 0 atom stereocenters. The summed E-state index contributed by atoms with van der Waals surface area (Å²) in [5.74, 6) is 1.22. The monoisotopic (exact) mass is 406 g/mol. The zero-order valence-electron chi connectivity index (χ0n) is 13.6. The fourth-order valence-corrected chi connectivity index (χ4v) is 3.14. The first kappa shape index (κ1) is 23.9. The SMILES string of the molecule is O=P(Oc1ccccc1)(Oc1ccccc1)Oc1ccccc1.[O-2].[O-2].[Ti+4]. The van der Waals surface area contributed by atoms with Gasteiger partial charge in [-0.15, -0.1) is 0 Å². The van der Waals surface area contributed by atoms with Crippen molar-refractivity contribution in [2.75, 3.05) is 0 Å². The van der Waals surface area contributed by atoms with Crippen molar-refractivity contribution < 1.29 is 50.8 Å². The van der Waals surface area contributed by atoms with Crippen LogP contribution in [0.25, 0.3) is 0 Å². The summed E-state index contributed by atoms with van der Waals surface area (Å²) in [5.41, 5.74) is 0. The summed E-state index contributed by atoms with van der Waals surface area (Å²) in [6.07, 6.45) is 0. The molecule has 0 saturated heterocycles. The van der Waals surface area contributed by atoms with E-state index in [1.807, 2.05) is 18.2 Å². The van der Waals surface area contributed by atoms with Gasteiger partial charge >= 0.3 is 29.5 Å². The number of hydrogen-bond donors (Lipinski definition) is 0. The number of benzene rings is 3. The van der Waals surface area contributed by atoms with Crippen LogP contribution in [-0.2, 0) is 37.2 Å². The Kier molecular flexibility index (Phi) is 10.6. The number of phosphoric ester groups is 1. The van der Waals surface area contributed by atoms with E-state index in [0.717, 1.165) is 0 Å². The second-order valence-corrected chi connectivity index (χ2v) is 6.10. The van der Waals surface area contributed by atoms with E-state index < -0.39 is 7.82 Å². The molecule has 0 heterocycles. The van der Waals surface area contributed by atoms with E-state index in [1.54, 1.807) is 72.8 Å². The van der Waals surface area contributed by atoms with Crippen LogP contribution in [-0.4, -0.2) is 0 Å². The van der Waals surface area contributed by atoms with Crippen LogP contribution in [0.3, 0.4) is 0 Å². The van der Waals surface area contributed by atoms with E-state index in [2.05, 4.69) is 0 Å². The second-order valence-electron chi connectivity index (χ2n) is 4.66. The van der Waals surface area contributed by atoms with Crippen LogP contribution in [0.5, 0.6) is 17.2 Å². The molecule has 132 valence electrons. The molecule has 0 aliphatic rings. The van der Waals surface area contributed by atoms with Gasteiger partial charge in [0.2, 0.25) is 0 Å². The molecular formula is C18H15O6PTi. The fraction of sp³-hybridized carbons (Fsp3) is 0. The molecule has 0 spiro atoms. The van der Waals surface area contributed by atoms with Gasteiger partial charge in [0.15, 0.2) is 0 Å². The molecule has 3 aromatic rings. The van der Waals surface area contributed by atoms with Gasteiger partial charge < -0.3 is 24.5 Å². The van der Waals surface area contributed by atoms with Crippen molar-refractivity contribution in [2.45, 2.75) is 0 Å². The molecule has 8 heteroatoms. The van der Waals surface area contributed by atoms with Gasteiger partial charge in [-0.3, -0.25) is 0 Å². The Morgan fingerprint density at radius 3 is 0.962 bits per heavy atom. The largest absolute Gasteiger partial charge is 4.00 e. The number of para-hydroxylation sites is 3. The summed E-state index contributed by atoms with van der Waals surface area (Å²) in [5, 5.41) is 0. The van der Waals surface area contributed by atoms with Gasteiger partial charge in [0, 0.05) is 0 Å². The van der Waals surface area contributed by atoms with Crippen molar-refractivity contribution in [3.05, 3.63) is 91.0 Å². The molecule has 0 amide bonds. The zero-order chi connectivity index (χ0) is 16.0. The molecule has 6 nitrogen and oxygen atoms in total. The maximum absolute atomic E-state index is 13.1. The van der Waals surface area contributed by atoms with Crippen LogP contribution in [0.15, 0.2) is 91.0 Å². The van der Waals surface area contributed by atoms with E-state index in [-0.39, 0.29) is 32.7 Å². The van der Waals surface area contributed by atoms with Crippen molar-refractivity contribution in [3.8, 4) is 17.2 Å². The van der Waals surface area contributed by atoms with Gasteiger partial charge in [-0.25, -0.2) is 0 Å². The van der Waals surface area contributed by atoms with Gasteiger partial charge in [0.05, 0.1) is 0 Å². The molecule has 0 unspecified atom stereocenters. The third-order valence-corrected chi connectivity index (χ3v) is 4.18. The molecule has 0 N–H and O–H groups in total. The summed E-state index contributed by atoms with van der Waals surface area (Å²) in [6.45, 7) is 0. The molecular weight excluding hydrogens is 391 g/mol. The Morgan fingerprint density at radius 1 is 0.500 bits per heavy atom. The van der Waals surface area contributed by atoms with Crippen molar-refractivity contribution in [1.29, 1.82) is 0 Å². The molecule has 0 bridgehead atoms. The van der Waals surface area contributed by atoms with E-state index in [0.29, 0.717) is 17.2 Å². The van der Waals surface area contributed by atoms with E-state index in [4.69, 9.17) is 13.6 Å². The summed E-state index contributed by atoms with van der Waals surface area (Å²) in [4.78, 5) is 0. The Bertz CT molecular complexity index is 678. The van der Waals surface area contributed by atoms with Crippen LogP contribution < -0.4 is 13.6 Å². The smallest absolute Gasteiger partial charge is 2.00 e. The Morgan fingerprint density at radius 2 is 0.731 bits per heavy atom. The number of hydrogen-bond acceptors (Lipinski definition) is 4. The van der Waals surface area contributed by atoms with Gasteiger partial charge in [-0.05, 0) is 36.4 Å². The molecule has 0 aliphatic carbocycles. The van der Waals surface area contributed by atoms with Crippen molar-refractivity contribution in [2.24, 2.45) is 0 Å². The summed E-state index contributed by atoms with van der Waals surface area (Å²) >= 11 is 0. The van der Waals surface area contributed by atoms with Gasteiger partial charge in [-0.1, -0.05) is 54.6 Å². The van der Waals surface area contributed by atoms with Crippen molar-refractivity contribution in [1.82, 2.24) is 0 Å². The van der Waals surface area contributed by atoms with E-state index in [1.165, 1.54) is 0 Å². The van der Waals surface area contributed by atoms with Crippen LogP contribution in [0.1, 0.15) is 0 Å². The molecule has 26 heavy (non-hydrogen) atoms. The van der Waals surface area contributed by atoms with Crippen LogP contribution in [0.2, 0.25) is 0 Å². The topological polar surface area (TPSA) is 102 Å². The first-order valence-corrected chi connectivity index (χ1v) is 8.54. The normalized spacial score (nSPS) is 9.54.